The summed E-state index contributed by atoms with van der Waals surface area (Å²) in [4.78, 5) is 16.4. The SMILES string of the molecule is CN(C)CCOc1ccccc1CNC(=O)N1C[C@@H]2[C@@H](C1)C2(C)C. The zero-order chi connectivity index (χ0) is 17.3. The van der Waals surface area contributed by atoms with Crippen LogP contribution in [-0.4, -0.2) is 56.2 Å². The Kier molecular flexibility index (Phi) is 4.72. The molecular weight excluding hydrogens is 302 g/mol. The molecule has 132 valence electrons. The molecule has 5 heteroatoms. The van der Waals surface area contributed by atoms with E-state index in [0.717, 1.165) is 30.9 Å². The van der Waals surface area contributed by atoms with Crippen molar-refractivity contribution in [1.29, 1.82) is 0 Å². The van der Waals surface area contributed by atoms with Crippen LogP contribution in [0, 0.1) is 17.3 Å². The second-order valence-electron chi connectivity index (χ2n) is 7.86. The van der Waals surface area contributed by atoms with Crippen LogP contribution in [0.4, 0.5) is 4.79 Å². The Morgan fingerprint density at radius 2 is 1.96 bits per heavy atom. The number of amides is 2. The van der Waals surface area contributed by atoms with Crippen molar-refractivity contribution in [1.82, 2.24) is 15.1 Å². The van der Waals surface area contributed by atoms with Gasteiger partial charge in [-0.1, -0.05) is 32.0 Å². The highest BCUT2D eigenvalue weighted by molar-refractivity contribution is 5.75. The lowest BCUT2D eigenvalue weighted by Gasteiger charge is -2.22. The number of fused-ring (bicyclic) bond motifs is 1. The number of benzene rings is 1. The number of piperidine rings is 1. The highest BCUT2D eigenvalue weighted by atomic mass is 16.5. The second kappa shape index (κ2) is 6.63. The number of likely N-dealkylation sites (N-methyl/N-ethyl adjacent to an activating group) is 1. The number of urea groups is 1. The van der Waals surface area contributed by atoms with E-state index in [9.17, 15) is 4.79 Å². The van der Waals surface area contributed by atoms with Gasteiger partial charge in [0.15, 0.2) is 0 Å². The van der Waals surface area contributed by atoms with E-state index in [0.29, 0.717) is 30.4 Å². The van der Waals surface area contributed by atoms with Gasteiger partial charge in [0.1, 0.15) is 12.4 Å². The van der Waals surface area contributed by atoms with E-state index in [-0.39, 0.29) is 6.03 Å². The molecule has 2 atom stereocenters. The molecule has 1 aromatic rings. The maximum absolute atomic E-state index is 12.4. The van der Waals surface area contributed by atoms with E-state index in [2.05, 4.69) is 24.1 Å². The van der Waals surface area contributed by atoms with Crippen LogP contribution in [0.5, 0.6) is 5.75 Å². The molecule has 1 saturated carbocycles. The Balaban J connectivity index is 1.49. The van der Waals surface area contributed by atoms with Gasteiger partial charge in [-0.15, -0.1) is 0 Å². The molecular formula is C19H29N3O2. The number of nitrogens with one attached hydrogen (secondary N) is 1. The molecule has 1 aliphatic heterocycles. The molecule has 2 fully saturated rings. The van der Waals surface area contributed by atoms with E-state index in [4.69, 9.17) is 4.74 Å². The molecule has 0 radical (unpaired) electrons. The normalized spacial score (nSPS) is 24.0. The first-order chi connectivity index (χ1) is 11.4. The van der Waals surface area contributed by atoms with Gasteiger partial charge < -0.3 is 19.9 Å². The summed E-state index contributed by atoms with van der Waals surface area (Å²) in [6.07, 6.45) is 0. The minimum atomic E-state index is 0.0427. The van der Waals surface area contributed by atoms with E-state index in [1.807, 2.05) is 43.3 Å². The van der Waals surface area contributed by atoms with Crippen molar-refractivity contribution in [3.63, 3.8) is 0 Å². The van der Waals surface area contributed by atoms with Crippen molar-refractivity contribution >= 4 is 6.03 Å². The number of carbonyl (C=O) groups is 1. The summed E-state index contributed by atoms with van der Waals surface area (Å²) in [5.74, 6) is 2.22. The first-order valence-corrected chi connectivity index (χ1v) is 8.78. The molecule has 0 aromatic heterocycles. The van der Waals surface area contributed by atoms with Crippen molar-refractivity contribution in [3.8, 4) is 5.75 Å². The zero-order valence-corrected chi connectivity index (χ0v) is 15.2. The Bertz CT molecular complexity index is 586. The summed E-state index contributed by atoms with van der Waals surface area (Å²) in [6.45, 7) is 8.41. The van der Waals surface area contributed by atoms with Crippen LogP contribution >= 0.6 is 0 Å². The summed E-state index contributed by atoms with van der Waals surface area (Å²) in [5, 5.41) is 3.05. The quantitative estimate of drug-likeness (QED) is 0.871. The van der Waals surface area contributed by atoms with Crippen LogP contribution in [0.2, 0.25) is 0 Å². The third kappa shape index (κ3) is 3.51. The van der Waals surface area contributed by atoms with Crippen molar-refractivity contribution < 1.29 is 9.53 Å². The summed E-state index contributed by atoms with van der Waals surface area (Å²) in [7, 11) is 4.05. The zero-order valence-electron chi connectivity index (χ0n) is 15.2. The molecule has 1 saturated heterocycles. The van der Waals surface area contributed by atoms with Gasteiger partial charge in [-0.05, 0) is 37.4 Å². The molecule has 2 aliphatic rings. The monoisotopic (exact) mass is 331 g/mol. The van der Waals surface area contributed by atoms with Crippen LogP contribution in [0.1, 0.15) is 19.4 Å². The Labute approximate surface area is 145 Å². The van der Waals surface area contributed by atoms with Gasteiger partial charge in [-0.25, -0.2) is 4.79 Å². The molecule has 0 spiro atoms. The lowest BCUT2D eigenvalue weighted by atomic mass is 10.1. The number of ether oxygens (including phenoxy) is 1. The summed E-state index contributed by atoms with van der Waals surface area (Å²) < 4.78 is 5.85. The van der Waals surface area contributed by atoms with Crippen molar-refractivity contribution in [3.05, 3.63) is 29.8 Å². The first kappa shape index (κ1) is 17.1. The van der Waals surface area contributed by atoms with Crippen molar-refractivity contribution in [2.45, 2.75) is 20.4 Å². The van der Waals surface area contributed by atoms with Gasteiger partial charge in [0.25, 0.3) is 0 Å². The number of hydrogen-bond donors (Lipinski definition) is 1. The number of nitrogens with zero attached hydrogens (tertiary/aromatic N) is 2. The van der Waals surface area contributed by atoms with E-state index >= 15 is 0 Å². The van der Waals surface area contributed by atoms with E-state index in [1.165, 1.54) is 0 Å². The number of hydrogen-bond acceptors (Lipinski definition) is 3. The standard InChI is InChI=1S/C19H29N3O2/c1-19(2)15-12-22(13-16(15)19)18(23)20-11-14-7-5-6-8-17(14)24-10-9-21(3)4/h5-8,15-16H,9-13H2,1-4H3,(H,20,23)/t15-,16-/m1/s1. The smallest absolute Gasteiger partial charge is 0.317 e. The fraction of sp³-hybridized carbons (Fsp3) is 0.632. The number of para-hydroxylation sites is 1. The average molecular weight is 331 g/mol. The summed E-state index contributed by atoms with van der Waals surface area (Å²) >= 11 is 0. The van der Waals surface area contributed by atoms with Crippen LogP contribution in [0.15, 0.2) is 24.3 Å². The van der Waals surface area contributed by atoms with Crippen molar-refractivity contribution in [2.75, 3.05) is 40.3 Å². The minimum absolute atomic E-state index is 0.0427. The van der Waals surface area contributed by atoms with Crippen LogP contribution in [-0.2, 0) is 6.54 Å². The summed E-state index contributed by atoms with van der Waals surface area (Å²) in [5.41, 5.74) is 1.46. The molecule has 1 N–H and O–H groups in total. The fourth-order valence-corrected chi connectivity index (χ4v) is 3.71. The van der Waals surface area contributed by atoms with Gasteiger partial charge in [-0.3, -0.25) is 0 Å². The third-order valence-electron chi connectivity index (χ3n) is 5.61. The predicted octanol–water partition coefficient (Wildman–Crippen LogP) is 2.42. The Hall–Kier alpha value is -1.75. The van der Waals surface area contributed by atoms with Crippen LogP contribution in [0.3, 0.4) is 0 Å². The van der Waals surface area contributed by atoms with Crippen LogP contribution < -0.4 is 10.1 Å². The highest BCUT2D eigenvalue weighted by Crippen LogP contribution is 2.61. The molecule has 24 heavy (non-hydrogen) atoms. The number of rotatable bonds is 6. The maximum atomic E-state index is 12.4. The number of carbonyl (C=O) groups excluding carboxylic acids is 1. The van der Waals surface area contributed by atoms with Crippen molar-refractivity contribution in [2.24, 2.45) is 17.3 Å². The fourth-order valence-electron chi connectivity index (χ4n) is 3.71. The lowest BCUT2D eigenvalue weighted by molar-refractivity contribution is 0.195. The second-order valence-corrected chi connectivity index (χ2v) is 7.86. The lowest BCUT2D eigenvalue weighted by Crippen LogP contribution is -2.40. The van der Waals surface area contributed by atoms with Crippen LogP contribution in [0.25, 0.3) is 0 Å². The molecule has 1 aromatic carbocycles. The third-order valence-corrected chi connectivity index (χ3v) is 5.61. The number of likely N-dealkylation sites (tertiary alicyclic amines) is 1. The van der Waals surface area contributed by atoms with Gasteiger partial charge in [-0.2, -0.15) is 0 Å². The van der Waals surface area contributed by atoms with Gasteiger partial charge in [0, 0.05) is 31.7 Å². The molecule has 0 bridgehead atoms. The Morgan fingerprint density at radius 1 is 1.29 bits per heavy atom. The van der Waals surface area contributed by atoms with E-state index in [1.54, 1.807) is 0 Å². The maximum Gasteiger partial charge on any atom is 0.317 e. The average Bonchev–Trinajstić information content (AvgIpc) is 2.91. The molecule has 3 rings (SSSR count). The molecule has 2 amide bonds. The first-order valence-electron chi connectivity index (χ1n) is 8.78. The van der Waals surface area contributed by atoms with Gasteiger partial charge in [0.2, 0.25) is 0 Å². The Morgan fingerprint density at radius 3 is 2.62 bits per heavy atom. The predicted molar refractivity (Wildman–Crippen MR) is 95.1 cm³/mol. The molecule has 1 aliphatic carbocycles. The van der Waals surface area contributed by atoms with Gasteiger partial charge >= 0.3 is 6.03 Å². The molecule has 1 heterocycles. The minimum Gasteiger partial charge on any atom is -0.492 e. The molecule has 5 nitrogen and oxygen atoms in total. The van der Waals surface area contributed by atoms with E-state index < -0.39 is 0 Å². The summed E-state index contributed by atoms with van der Waals surface area (Å²) in [6, 6.07) is 7.96. The molecule has 0 unspecified atom stereocenters. The largest absolute Gasteiger partial charge is 0.492 e. The van der Waals surface area contributed by atoms with Gasteiger partial charge in [0.05, 0.1) is 0 Å². The highest BCUT2D eigenvalue weighted by Gasteiger charge is 2.62. The topological polar surface area (TPSA) is 44.8 Å².